The maximum Gasteiger partial charge on any atom is 0.234 e. The van der Waals surface area contributed by atoms with Gasteiger partial charge in [0.2, 0.25) is 5.91 Å². The van der Waals surface area contributed by atoms with Crippen LogP contribution in [0.4, 0.5) is 5.69 Å². The first kappa shape index (κ1) is 15.0. The fourth-order valence-corrected chi connectivity index (χ4v) is 3.13. The van der Waals surface area contributed by atoms with Gasteiger partial charge in [-0.25, -0.2) is 0 Å². The summed E-state index contributed by atoms with van der Waals surface area (Å²) in [6.07, 6.45) is 2.99. The molecule has 3 nitrogen and oxygen atoms in total. The molecule has 1 aliphatic heterocycles. The predicted octanol–water partition coefficient (Wildman–Crippen LogP) is 3.13. The molecule has 1 heterocycles. The molecule has 1 aliphatic rings. The van der Waals surface area contributed by atoms with Gasteiger partial charge in [0, 0.05) is 18.8 Å². The van der Waals surface area contributed by atoms with E-state index in [0.717, 1.165) is 44.6 Å². The van der Waals surface area contributed by atoms with Gasteiger partial charge in [-0.05, 0) is 57.4 Å². The summed E-state index contributed by atoms with van der Waals surface area (Å²) in [7, 11) is 0. The lowest BCUT2D eigenvalue weighted by atomic mass is 9.77. The van der Waals surface area contributed by atoms with Crippen molar-refractivity contribution < 1.29 is 4.79 Å². The number of anilines is 1. The Labute approximate surface area is 122 Å². The summed E-state index contributed by atoms with van der Waals surface area (Å²) in [4.78, 5) is 15.0. The first-order chi connectivity index (χ1) is 9.63. The number of rotatable bonds is 4. The maximum absolute atomic E-state index is 13.1. The molecular weight excluding hydrogens is 248 g/mol. The van der Waals surface area contributed by atoms with Gasteiger partial charge in [0.15, 0.2) is 0 Å². The molecule has 0 saturated carbocycles. The molecule has 3 heteroatoms. The van der Waals surface area contributed by atoms with Crippen molar-refractivity contribution >= 4 is 11.6 Å². The van der Waals surface area contributed by atoms with Crippen LogP contribution in [0.2, 0.25) is 0 Å². The van der Waals surface area contributed by atoms with E-state index in [0.29, 0.717) is 0 Å². The van der Waals surface area contributed by atoms with Crippen LogP contribution in [0.1, 0.15) is 38.7 Å². The fraction of sp³-hybridized carbons (Fsp3) is 0.588. The van der Waals surface area contributed by atoms with Crippen molar-refractivity contribution in [2.45, 2.75) is 40.0 Å². The van der Waals surface area contributed by atoms with Crippen molar-refractivity contribution in [2.24, 2.45) is 5.41 Å². The van der Waals surface area contributed by atoms with E-state index in [2.05, 4.69) is 38.2 Å². The zero-order valence-corrected chi connectivity index (χ0v) is 12.9. The molecule has 0 aromatic heterocycles. The SMILES string of the molecule is CCN(C(=O)C1(CC)CCCNC1)c1cccc(C)c1. The monoisotopic (exact) mass is 274 g/mol. The number of carbonyl (C=O) groups is 1. The molecule has 1 atom stereocenters. The van der Waals surface area contributed by atoms with Crippen LogP contribution >= 0.6 is 0 Å². The summed E-state index contributed by atoms with van der Waals surface area (Å²) < 4.78 is 0. The van der Waals surface area contributed by atoms with Crippen molar-refractivity contribution in [1.82, 2.24) is 5.32 Å². The van der Waals surface area contributed by atoms with Gasteiger partial charge in [0.1, 0.15) is 0 Å². The maximum atomic E-state index is 13.1. The van der Waals surface area contributed by atoms with E-state index in [1.807, 2.05) is 17.0 Å². The van der Waals surface area contributed by atoms with Crippen molar-refractivity contribution in [1.29, 1.82) is 0 Å². The number of amides is 1. The third-order valence-electron chi connectivity index (χ3n) is 4.48. The molecule has 0 radical (unpaired) electrons. The summed E-state index contributed by atoms with van der Waals surface area (Å²) in [6.45, 7) is 8.83. The van der Waals surface area contributed by atoms with Gasteiger partial charge >= 0.3 is 0 Å². The smallest absolute Gasteiger partial charge is 0.234 e. The van der Waals surface area contributed by atoms with E-state index in [4.69, 9.17) is 0 Å². The average Bonchev–Trinajstić information content (AvgIpc) is 2.48. The van der Waals surface area contributed by atoms with Gasteiger partial charge in [-0.15, -0.1) is 0 Å². The van der Waals surface area contributed by atoms with Crippen molar-refractivity contribution in [3.63, 3.8) is 0 Å². The molecule has 1 N–H and O–H groups in total. The van der Waals surface area contributed by atoms with E-state index in [-0.39, 0.29) is 11.3 Å². The molecule has 0 bridgehead atoms. The molecule has 0 spiro atoms. The van der Waals surface area contributed by atoms with Crippen LogP contribution in [-0.4, -0.2) is 25.5 Å². The first-order valence-corrected chi connectivity index (χ1v) is 7.72. The molecule has 1 amide bonds. The number of nitrogens with one attached hydrogen (secondary N) is 1. The second-order valence-corrected chi connectivity index (χ2v) is 5.80. The van der Waals surface area contributed by atoms with Gasteiger partial charge in [0.05, 0.1) is 5.41 Å². The normalized spacial score (nSPS) is 22.6. The van der Waals surface area contributed by atoms with E-state index in [1.54, 1.807) is 0 Å². The predicted molar refractivity (Wildman–Crippen MR) is 84.0 cm³/mol. The minimum absolute atomic E-state index is 0.224. The Kier molecular flexibility index (Phi) is 4.81. The van der Waals surface area contributed by atoms with Crippen molar-refractivity contribution in [3.05, 3.63) is 29.8 Å². The second kappa shape index (κ2) is 6.40. The number of nitrogens with zero attached hydrogens (tertiary/aromatic N) is 1. The quantitative estimate of drug-likeness (QED) is 0.915. The zero-order chi connectivity index (χ0) is 14.6. The van der Waals surface area contributed by atoms with Gasteiger partial charge in [-0.2, -0.15) is 0 Å². The van der Waals surface area contributed by atoms with Crippen LogP contribution in [-0.2, 0) is 4.79 Å². The molecule has 1 unspecified atom stereocenters. The van der Waals surface area contributed by atoms with Crippen molar-refractivity contribution in [2.75, 3.05) is 24.5 Å². The largest absolute Gasteiger partial charge is 0.316 e. The standard InChI is InChI=1S/C17H26N2O/c1-4-17(10-7-11-18-13-17)16(20)19(5-2)15-9-6-8-14(3)12-15/h6,8-9,12,18H,4-5,7,10-11,13H2,1-3H3. The van der Waals surface area contributed by atoms with Crippen LogP contribution in [0.15, 0.2) is 24.3 Å². The van der Waals surface area contributed by atoms with Crippen LogP contribution in [0.5, 0.6) is 0 Å². The number of benzene rings is 1. The molecule has 1 fully saturated rings. The highest BCUT2D eigenvalue weighted by atomic mass is 16.2. The highest BCUT2D eigenvalue weighted by Crippen LogP contribution is 2.34. The topological polar surface area (TPSA) is 32.3 Å². The van der Waals surface area contributed by atoms with Gasteiger partial charge in [0.25, 0.3) is 0 Å². The van der Waals surface area contributed by atoms with E-state index in [1.165, 1.54) is 5.56 Å². The first-order valence-electron chi connectivity index (χ1n) is 7.72. The van der Waals surface area contributed by atoms with Crippen LogP contribution in [0.25, 0.3) is 0 Å². The molecular formula is C17H26N2O. The number of hydrogen-bond donors (Lipinski definition) is 1. The number of carbonyl (C=O) groups excluding carboxylic acids is 1. The highest BCUT2D eigenvalue weighted by molar-refractivity contribution is 5.97. The molecule has 110 valence electrons. The Hall–Kier alpha value is -1.35. The number of hydrogen-bond acceptors (Lipinski definition) is 2. The summed E-state index contributed by atoms with van der Waals surface area (Å²) in [5, 5.41) is 3.40. The fourth-order valence-electron chi connectivity index (χ4n) is 3.13. The lowest BCUT2D eigenvalue weighted by molar-refractivity contribution is -0.129. The van der Waals surface area contributed by atoms with E-state index < -0.39 is 0 Å². The zero-order valence-electron chi connectivity index (χ0n) is 12.9. The van der Waals surface area contributed by atoms with Crippen LogP contribution in [0.3, 0.4) is 0 Å². The third kappa shape index (κ3) is 2.88. The third-order valence-corrected chi connectivity index (χ3v) is 4.48. The average molecular weight is 274 g/mol. The second-order valence-electron chi connectivity index (χ2n) is 5.80. The summed E-state index contributed by atoms with van der Waals surface area (Å²) in [6, 6.07) is 8.23. The Bertz CT molecular complexity index is 464. The Balaban J connectivity index is 2.28. The van der Waals surface area contributed by atoms with Crippen LogP contribution in [0, 0.1) is 12.3 Å². The van der Waals surface area contributed by atoms with E-state index in [9.17, 15) is 4.79 Å². The van der Waals surface area contributed by atoms with Gasteiger partial charge < -0.3 is 10.2 Å². The molecule has 1 aromatic carbocycles. The summed E-state index contributed by atoms with van der Waals surface area (Å²) in [5.74, 6) is 0.278. The summed E-state index contributed by atoms with van der Waals surface area (Å²) >= 11 is 0. The summed E-state index contributed by atoms with van der Waals surface area (Å²) in [5.41, 5.74) is 2.00. The van der Waals surface area contributed by atoms with Crippen LogP contribution < -0.4 is 10.2 Å². The lowest BCUT2D eigenvalue weighted by Crippen LogP contribution is -2.51. The Morgan fingerprint density at radius 1 is 1.40 bits per heavy atom. The molecule has 1 saturated heterocycles. The highest BCUT2D eigenvalue weighted by Gasteiger charge is 2.40. The Morgan fingerprint density at radius 2 is 2.20 bits per heavy atom. The van der Waals surface area contributed by atoms with Gasteiger partial charge in [-0.1, -0.05) is 19.1 Å². The number of aryl methyl sites for hydroxylation is 1. The molecule has 20 heavy (non-hydrogen) atoms. The number of piperidine rings is 1. The van der Waals surface area contributed by atoms with Gasteiger partial charge in [-0.3, -0.25) is 4.79 Å². The minimum atomic E-state index is -0.224. The molecule has 2 rings (SSSR count). The molecule has 0 aliphatic carbocycles. The van der Waals surface area contributed by atoms with Crippen molar-refractivity contribution in [3.8, 4) is 0 Å². The van der Waals surface area contributed by atoms with E-state index >= 15 is 0 Å². The Morgan fingerprint density at radius 3 is 2.75 bits per heavy atom. The molecule has 1 aromatic rings. The minimum Gasteiger partial charge on any atom is -0.316 e. The lowest BCUT2D eigenvalue weighted by Gasteiger charge is -2.39.